The van der Waals surface area contributed by atoms with E-state index in [0.717, 1.165) is 0 Å². The van der Waals surface area contributed by atoms with Gasteiger partial charge in [0.05, 0.1) is 18.2 Å². The molecular formula is C13H16N4O3S. The molecule has 0 aromatic carbocycles. The summed E-state index contributed by atoms with van der Waals surface area (Å²) in [6.45, 7) is 3.77. The van der Waals surface area contributed by atoms with Gasteiger partial charge in [0.15, 0.2) is 5.16 Å². The van der Waals surface area contributed by atoms with Gasteiger partial charge in [-0.2, -0.15) is 0 Å². The van der Waals surface area contributed by atoms with Crippen molar-refractivity contribution < 1.29 is 14.3 Å². The fourth-order valence-electron chi connectivity index (χ4n) is 1.89. The average molecular weight is 308 g/mol. The van der Waals surface area contributed by atoms with E-state index < -0.39 is 12.0 Å². The smallest absolute Gasteiger partial charge is 0.337 e. The van der Waals surface area contributed by atoms with Crippen molar-refractivity contribution in [1.29, 1.82) is 0 Å². The molecule has 0 bridgehead atoms. The van der Waals surface area contributed by atoms with Gasteiger partial charge in [0.1, 0.15) is 0 Å². The third-order valence-electron chi connectivity index (χ3n) is 2.75. The number of thioether (sulfide) groups is 1. The van der Waals surface area contributed by atoms with Gasteiger partial charge in [-0.15, -0.1) is 0 Å². The number of amides is 2. The first kappa shape index (κ1) is 15.3. The van der Waals surface area contributed by atoms with Crippen LogP contribution in [-0.4, -0.2) is 40.4 Å². The summed E-state index contributed by atoms with van der Waals surface area (Å²) in [5.74, 6) is -0.0438. The summed E-state index contributed by atoms with van der Waals surface area (Å²) in [6, 6.07) is 0.993. The second-order valence-electron chi connectivity index (χ2n) is 4.25. The van der Waals surface area contributed by atoms with E-state index in [2.05, 4.69) is 20.6 Å². The molecule has 0 saturated carbocycles. The summed E-state index contributed by atoms with van der Waals surface area (Å²) in [5.41, 5.74) is 0.960. The topological polar surface area (TPSA) is 93.2 Å². The summed E-state index contributed by atoms with van der Waals surface area (Å²) in [7, 11) is 0. The molecule has 8 heteroatoms. The standard InChI is InChI=1S/C13H16N4O3S/c1-3-20-11(18)10-8(2)16-12(19)17-9(10)7-21-13-14-5-4-6-15-13/h4-6,8H,3,7H2,1-2H3,(H2,16,17,19). The van der Waals surface area contributed by atoms with E-state index in [4.69, 9.17) is 4.74 Å². The van der Waals surface area contributed by atoms with E-state index in [1.54, 1.807) is 32.3 Å². The van der Waals surface area contributed by atoms with Gasteiger partial charge in [0.2, 0.25) is 0 Å². The Balaban J connectivity index is 2.18. The average Bonchev–Trinajstić information content (AvgIpc) is 2.45. The van der Waals surface area contributed by atoms with Crippen LogP contribution in [0.1, 0.15) is 13.8 Å². The third kappa shape index (κ3) is 3.94. The van der Waals surface area contributed by atoms with Gasteiger partial charge in [-0.1, -0.05) is 11.8 Å². The molecule has 0 fully saturated rings. The first-order valence-electron chi connectivity index (χ1n) is 6.49. The maximum Gasteiger partial charge on any atom is 0.337 e. The minimum absolute atomic E-state index is 0.283. The van der Waals surface area contributed by atoms with Crippen LogP contribution >= 0.6 is 11.8 Å². The Labute approximate surface area is 126 Å². The molecule has 112 valence electrons. The predicted octanol–water partition coefficient (Wildman–Crippen LogP) is 1.09. The highest BCUT2D eigenvalue weighted by atomic mass is 32.2. The molecule has 2 amide bonds. The first-order valence-corrected chi connectivity index (χ1v) is 7.48. The highest BCUT2D eigenvalue weighted by Crippen LogP contribution is 2.21. The molecule has 0 radical (unpaired) electrons. The molecule has 0 saturated heterocycles. The first-order chi connectivity index (χ1) is 10.1. The minimum Gasteiger partial charge on any atom is -0.463 e. The molecule has 1 aromatic rings. The van der Waals surface area contributed by atoms with Gasteiger partial charge in [-0.05, 0) is 19.9 Å². The molecule has 7 nitrogen and oxygen atoms in total. The minimum atomic E-state index is -0.429. The van der Waals surface area contributed by atoms with Gasteiger partial charge in [0, 0.05) is 23.8 Å². The highest BCUT2D eigenvalue weighted by Gasteiger charge is 2.29. The van der Waals surface area contributed by atoms with Gasteiger partial charge >= 0.3 is 12.0 Å². The van der Waals surface area contributed by atoms with Crippen molar-refractivity contribution in [3.8, 4) is 0 Å². The zero-order valence-electron chi connectivity index (χ0n) is 11.8. The Morgan fingerprint density at radius 2 is 2.14 bits per heavy atom. The van der Waals surface area contributed by atoms with E-state index >= 15 is 0 Å². The van der Waals surface area contributed by atoms with Crippen LogP contribution in [0.3, 0.4) is 0 Å². The van der Waals surface area contributed by atoms with Crippen LogP contribution in [0.5, 0.6) is 0 Å². The lowest BCUT2D eigenvalue weighted by Gasteiger charge is -2.26. The van der Waals surface area contributed by atoms with E-state index in [0.29, 0.717) is 22.2 Å². The van der Waals surface area contributed by atoms with E-state index in [1.807, 2.05) is 0 Å². The SMILES string of the molecule is CCOC(=O)C1=C(CSc2ncccn2)NC(=O)NC1C. The number of carbonyl (C=O) groups is 2. The maximum atomic E-state index is 12.0. The van der Waals surface area contributed by atoms with Crippen molar-refractivity contribution in [3.63, 3.8) is 0 Å². The van der Waals surface area contributed by atoms with Crippen LogP contribution in [-0.2, 0) is 9.53 Å². The monoisotopic (exact) mass is 308 g/mol. The molecule has 0 aliphatic carbocycles. The summed E-state index contributed by atoms with van der Waals surface area (Å²) in [6.07, 6.45) is 3.28. The Morgan fingerprint density at radius 1 is 1.43 bits per heavy atom. The Kier molecular flexibility index (Phi) is 5.15. The second kappa shape index (κ2) is 7.07. The van der Waals surface area contributed by atoms with Crippen LogP contribution in [0.2, 0.25) is 0 Å². The lowest BCUT2D eigenvalue weighted by Crippen LogP contribution is -2.49. The number of aromatic nitrogens is 2. The van der Waals surface area contributed by atoms with Crippen molar-refractivity contribution in [2.45, 2.75) is 25.0 Å². The number of carbonyl (C=O) groups excluding carboxylic acids is 2. The summed E-state index contributed by atoms with van der Waals surface area (Å²) < 4.78 is 5.04. The lowest BCUT2D eigenvalue weighted by molar-refractivity contribution is -0.138. The largest absolute Gasteiger partial charge is 0.463 e. The van der Waals surface area contributed by atoms with Crippen LogP contribution in [0.25, 0.3) is 0 Å². The molecule has 2 heterocycles. The fraction of sp³-hybridized carbons (Fsp3) is 0.385. The molecule has 1 atom stereocenters. The number of urea groups is 1. The molecule has 21 heavy (non-hydrogen) atoms. The molecule has 1 unspecified atom stereocenters. The molecule has 2 N–H and O–H groups in total. The number of hydrogen-bond donors (Lipinski definition) is 2. The molecule has 0 spiro atoms. The summed E-state index contributed by atoms with van der Waals surface area (Å²) in [4.78, 5) is 31.8. The summed E-state index contributed by atoms with van der Waals surface area (Å²) in [5, 5.41) is 5.88. The van der Waals surface area contributed by atoms with Gasteiger partial charge in [0.25, 0.3) is 0 Å². The van der Waals surface area contributed by atoms with Crippen molar-refractivity contribution in [3.05, 3.63) is 29.7 Å². The quantitative estimate of drug-likeness (QED) is 0.480. The van der Waals surface area contributed by atoms with E-state index in [9.17, 15) is 9.59 Å². The zero-order chi connectivity index (χ0) is 15.2. The summed E-state index contributed by atoms with van der Waals surface area (Å²) >= 11 is 1.34. The number of hydrogen-bond acceptors (Lipinski definition) is 6. The highest BCUT2D eigenvalue weighted by molar-refractivity contribution is 7.99. The van der Waals surface area contributed by atoms with Crippen LogP contribution < -0.4 is 10.6 Å². The number of esters is 1. The maximum absolute atomic E-state index is 12.0. The van der Waals surface area contributed by atoms with Gasteiger partial charge in [-0.3, -0.25) is 0 Å². The predicted molar refractivity (Wildman–Crippen MR) is 77.5 cm³/mol. The second-order valence-corrected chi connectivity index (χ2v) is 5.20. The van der Waals surface area contributed by atoms with E-state index in [-0.39, 0.29) is 12.6 Å². The van der Waals surface area contributed by atoms with Crippen molar-refractivity contribution in [2.24, 2.45) is 0 Å². The lowest BCUT2D eigenvalue weighted by atomic mass is 10.1. The van der Waals surface area contributed by atoms with Gasteiger partial charge < -0.3 is 15.4 Å². The fourth-order valence-corrected chi connectivity index (χ4v) is 2.66. The zero-order valence-corrected chi connectivity index (χ0v) is 12.6. The number of nitrogens with zero attached hydrogens (tertiary/aromatic N) is 2. The molecular weight excluding hydrogens is 292 g/mol. The van der Waals surface area contributed by atoms with Crippen LogP contribution in [0.4, 0.5) is 4.79 Å². The van der Waals surface area contributed by atoms with Gasteiger partial charge in [-0.25, -0.2) is 19.6 Å². The molecule has 1 aliphatic heterocycles. The van der Waals surface area contributed by atoms with Crippen molar-refractivity contribution in [2.75, 3.05) is 12.4 Å². The van der Waals surface area contributed by atoms with Crippen LogP contribution in [0, 0.1) is 0 Å². The number of rotatable bonds is 5. The molecule has 2 rings (SSSR count). The Bertz CT molecular complexity index is 562. The number of ether oxygens (including phenoxy) is 1. The van der Waals surface area contributed by atoms with E-state index in [1.165, 1.54) is 11.8 Å². The number of nitrogens with one attached hydrogen (secondary N) is 2. The Hall–Kier alpha value is -2.09. The Morgan fingerprint density at radius 3 is 2.81 bits per heavy atom. The third-order valence-corrected chi connectivity index (χ3v) is 3.66. The van der Waals surface area contributed by atoms with Crippen LogP contribution in [0.15, 0.2) is 34.9 Å². The molecule has 1 aromatic heterocycles. The molecule has 1 aliphatic rings. The normalized spacial score (nSPS) is 18.0. The van der Waals surface area contributed by atoms with Crippen molar-refractivity contribution >= 4 is 23.8 Å². The van der Waals surface area contributed by atoms with Crippen molar-refractivity contribution in [1.82, 2.24) is 20.6 Å².